The Morgan fingerprint density at radius 3 is 3.00 bits per heavy atom. The number of halogens is 1. The summed E-state index contributed by atoms with van der Waals surface area (Å²) in [4.78, 5) is 0. The van der Waals surface area contributed by atoms with Crippen LogP contribution in [0.3, 0.4) is 0 Å². The zero-order chi connectivity index (χ0) is 10.1. The molecule has 0 aliphatic heterocycles. The molecule has 0 radical (unpaired) electrons. The first-order chi connectivity index (χ1) is 6.72. The minimum absolute atomic E-state index is 0.131. The molecule has 14 heavy (non-hydrogen) atoms. The van der Waals surface area contributed by atoms with Crippen molar-refractivity contribution in [3.8, 4) is 0 Å². The Hall–Kier alpha value is -0.890. The molecule has 1 aromatic rings. The second-order valence-corrected chi connectivity index (χ2v) is 4.17. The average Bonchev–Trinajstić information content (AvgIpc) is 2.20. The molecule has 0 fully saturated rings. The van der Waals surface area contributed by atoms with Crippen molar-refractivity contribution in [1.29, 1.82) is 0 Å². The van der Waals surface area contributed by atoms with E-state index in [1.165, 1.54) is 5.56 Å². The predicted octanol–water partition coefficient (Wildman–Crippen LogP) is 2.45. The van der Waals surface area contributed by atoms with E-state index in [4.69, 9.17) is 5.73 Å². The van der Waals surface area contributed by atoms with E-state index in [9.17, 15) is 4.39 Å². The lowest BCUT2D eigenvalue weighted by molar-refractivity contribution is 0.399. The van der Waals surface area contributed by atoms with Crippen LogP contribution in [0.4, 0.5) is 4.39 Å². The molecule has 2 heteroatoms. The van der Waals surface area contributed by atoms with E-state index in [1.54, 1.807) is 12.1 Å². The maximum Gasteiger partial charge on any atom is 0.123 e. The minimum atomic E-state index is -0.131. The van der Waals surface area contributed by atoms with Gasteiger partial charge in [0.05, 0.1) is 0 Å². The van der Waals surface area contributed by atoms with E-state index < -0.39 is 0 Å². The monoisotopic (exact) mass is 193 g/mol. The lowest BCUT2D eigenvalue weighted by atomic mass is 9.76. The van der Waals surface area contributed by atoms with Crippen molar-refractivity contribution in [2.75, 3.05) is 6.54 Å². The van der Waals surface area contributed by atoms with Crippen LogP contribution in [0.5, 0.6) is 0 Å². The first-order valence-electron chi connectivity index (χ1n) is 5.20. The Morgan fingerprint density at radius 2 is 2.29 bits per heavy atom. The van der Waals surface area contributed by atoms with E-state index in [0.717, 1.165) is 18.4 Å². The van der Waals surface area contributed by atoms with Crippen molar-refractivity contribution in [3.05, 3.63) is 35.1 Å². The molecular formula is C12H16FN. The smallest absolute Gasteiger partial charge is 0.123 e. The SMILES string of the molecule is CC1c2cc(F)ccc2CCC1CN. The highest BCUT2D eigenvalue weighted by atomic mass is 19.1. The highest BCUT2D eigenvalue weighted by Gasteiger charge is 2.25. The first-order valence-corrected chi connectivity index (χ1v) is 5.20. The number of rotatable bonds is 1. The third kappa shape index (κ3) is 1.55. The topological polar surface area (TPSA) is 26.0 Å². The maximum absolute atomic E-state index is 13.1. The van der Waals surface area contributed by atoms with Crippen molar-refractivity contribution in [1.82, 2.24) is 0 Å². The molecule has 1 nitrogen and oxygen atoms in total. The van der Waals surface area contributed by atoms with E-state index in [-0.39, 0.29) is 5.82 Å². The Kier molecular flexibility index (Phi) is 2.55. The zero-order valence-electron chi connectivity index (χ0n) is 8.46. The number of hydrogen-bond donors (Lipinski definition) is 1. The van der Waals surface area contributed by atoms with Gasteiger partial charge in [-0.2, -0.15) is 0 Å². The molecule has 1 aliphatic carbocycles. The summed E-state index contributed by atoms with van der Waals surface area (Å²) in [5, 5.41) is 0. The predicted molar refractivity (Wildman–Crippen MR) is 55.7 cm³/mol. The summed E-state index contributed by atoms with van der Waals surface area (Å²) in [6.07, 6.45) is 2.18. The molecule has 1 aliphatic rings. The summed E-state index contributed by atoms with van der Waals surface area (Å²) in [5.41, 5.74) is 8.15. The summed E-state index contributed by atoms with van der Waals surface area (Å²) in [7, 11) is 0. The van der Waals surface area contributed by atoms with Gasteiger partial charge >= 0.3 is 0 Å². The van der Waals surface area contributed by atoms with Crippen LogP contribution in [0.1, 0.15) is 30.4 Å². The maximum atomic E-state index is 13.1. The summed E-state index contributed by atoms with van der Waals surface area (Å²) in [6.45, 7) is 2.85. The van der Waals surface area contributed by atoms with E-state index in [0.29, 0.717) is 18.4 Å². The van der Waals surface area contributed by atoms with Crippen LogP contribution < -0.4 is 5.73 Å². The summed E-state index contributed by atoms with van der Waals surface area (Å²) in [5.74, 6) is 0.789. The number of hydrogen-bond acceptors (Lipinski definition) is 1. The Balaban J connectivity index is 2.38. The molecule has 0 bridgehead atoms. The van der Waals surface area contributed by atoms with Crippen LogP contribution in [0.25, 0.3) is 0 Å². The summed E-state index contributed by atoms with van der Waals surface area (Å²) < 4.78 is 13.1. The molecule has 0 spiro atoms. The van der Waals surface area contributed by atoms with Gasteiger partial charge in [-0.05, 0) is 54.5 Å². The van der Waals surface area contributed by atoms with Crippen molar-refractivity contribution < 1.29 is 4.39 Å². The lowest BCUT2D eigenvalue weighted by Crippen LogP contribution is -2.25. The van der Waals surface area contributed by atoms with Crippen LogP contribution in [0.2, 0.25) is 0 Å². The normalized spacial score (nSPS) is 25.9. The van der Waals surface area contributed by atoms with E-state index >= 15 is 0 Å². The third-order valence-corrected chi connectivity index (χ3v) is 3.39. The Morgan fingerprint density at radius 1 is 1.50 bits per heavy atom. The van der Waals surface area contributed by atoms with Gasteiger partial charge in [0.2, 0.25) is 0 Å². The number of benzene rings is 1. The molecule has 2 N–H and O–H groups in total. The highest BCUT2D eigenvalue weighted by molar-refractivity contribution is 5.33. The van der Waals surface area contributed by atoms with Gasteiger partial charge in [-0.3, -0.25) is 0 Å². The van der Waals surface area contributed by atoms with Crippen LogP contribution in [-0.4, -0.2) is 6.54 Å². The summed E-state index contributed by atoms with van der Waals surface area (Å²) in [6, 6.07) is 5.13. The van der Waals surface area contributed by atoms with E-state index in [2.05, 4.69) is 6.92 Å². The van der Waals surface area contributed by atoms with Gasteiger partial charge in [-0.15, -0.1) is 0 Å². The average molecular weight is 193 g/mol. The van der Waals surface area contributed by atoms with Crippen molar-refractivity contribution >= 4 is 0 Å². The summed E-state index contributed by atoms with van der Waals surface area (Å²) >= 11 is 0. The molecule has 0 saturated heterocycles. The molecule has 2 atom stereocenters. The molecule has 1 aromatic carbocycles. The fraction of sp³-hybridized carbons (Fsp3) is 0.500. The zero-order valence-corrected chi connectivity index (χ0v) is 8.46. The van der Waals surface area contributed by atoms with Gasteiger partial charge in [0.1, 0.15) is 5.82 Å². The standard InChI is InChI=1S/C12H16FN/c1-8-10(7-14)3-2-9-4-5-11(13)6-12(8)9/h4-6,8,10H,2-3,7,14H2,1H3. The number of aryl methyl sites for hydroxylation is 1. The number of fused-ring (bicyclic) bond motifs is 1. The van der Waals surface area contributed by atoms with Gasteiger partial charge in [0, 0.05) is 0 Å². The molecule has 0 heterocycles. The minimum Gasteiger partial charge on any atom is -0.330 e. The molecule has 0 saturated carbocycles. The molecule has 2 rings (SSSR count). The van der Waals surface area contributed by atoms with E-state index in [1.807, 2.05) is 6.07 Å². The van der Waals surface area contributed by atoms with Gasteiger partial charge in [-0.1, -0.05) is 13.0 Å². The molecular weight excluding hydrogens is 177 g/mol. The second-order valence-electron chi connectivity index (χ2n) is 4.17. The van der Waals surface area contributed by atoms with Crippen LogP contribution in [0, 0.1) is 11.7 Å². The van der Waals surface area contributed by atoms with Gasteiger partial charge < -0.3 is 5.73 Å². The Bertz CT molecular complexity index is 335. The molecule has 2 unspecified atom stereocenters. The highest BCUT2D eigenvalue weighted by Crippen LogP contribution is 2.35. The first kappa shape index (κ1) is 9.66. The second kappa shape index (κ2) is 3.70. The molecule has 76 valence electrons. The van der Waals surface area contributed by atoms with Crippen molar-refractivity contribution in [2.24, 2.45) is 11.7 Å². The largest absolute Gasteiger partial charge is 0.330 e. The van der Waals surface area contributed by atoms with Crippen LogP contribution in [0.15, 0.2) is 18.2 Å². The van der Waals surface area contributed by atoms with Crippen molar-refractivity contribution in [2.45, 2.75) is 25.7 Å². The molecule has 0 aromatic heterocycles. The lowest BCUT2D eigenvalue weighted by Gasteiger charge is -2.30. The third-order valence-electron chi connectivity index (χ3n) is 3.39. The Labute approximate surface area is 84.1 Å². The van der Waals surface area contributed by atoms with Gasteiger partial charge in [-0.25, -0.2) is 4.39 Å². The molecule has 0 amide bonds. The number of nitrogens with two attached hydrogens (primary N) is 1. The van der Waals surface area contributed by atoms with Crippen LogP contribution in [-0.2, 0) is 6.42 Å². The van der Waals surface area contributed by atoms with Crippen LogP contribution >= 0.6 is 0 Å². The van der Waals surface area contributed by atoms with Crippen molar-refractivity contribution in [3.63, 3.8) is 0 Å². The van der Waals surface area contributed by atoms with Gasteiger partial charge in [0.15, 0.2) is 0 Å². The van der Waals surface area contributed by atoms with Gasteiger partial charge in [0.25, 0.3) is 0 Å². The quantitative estimate of drug-likeness (QED) is 0.728. The fourth-order valence-electron chi connectivity index (χ4n) is 2.38. The fourth-order valence-corrected chi connectivity index (χ4v) is 2.38.